The normalized spacial score (nSPS) is 16.3. The van der Waals surface area contributed by atoms with Crippen LogP contribution in [-0.4, -0.2) is 59.9 Å². The number of nitrogens with one attached hydrogen (secondary N) is 1. The van der Waals surface area contributed by atoms with E-state index in [1.165, 1.54) is 0 Å². The monoisotopic (exact) mass is 381 g/mol. The molecule has 148 valence electrons. The van der Waals surface area contributed by atoms with Gasteiger partial charge in [0, 0.05) is 50.9 Å². The fourth-order valence-corrected chi connectivity index (χ4v) is 3.36. The zero-order chi connectivity index (χ0) is 20.3. The Morgan fingerprint density at radius 3 is 2.57 bits per heavy atom. The van der Waals surface area contributed by atoms with E-state index in [0.29, 0.717) is 35.9 Å². The van der Waals surface area contributed by atoms with Crippen molar-refractivity contribution in [3.05, 3.63) is 53.3 Å². The van der Waals surface area contributed by atoms with Crippen molar-refractivity contribution in [1.29, 1.82) is 0 Å². The molecule has 0 aliphatic carbocycles. The number of likely N-dealkylation sites (tertiary alicyclic amines) is 1. The Hall–Kier alpha value is -2.96. The van der Waals surface area contributed by atoms with E-state index in [1.54, 1.807) is 6.20 Å². The van der Waals surface area contributed by atoms with Gasteiger partial charge in [0.05, 0.1) is 11.3 Å². The largest absolute Gasteiger partial charge is 0.350 e. The summed E-state index contributed by atoms with van der Waals surface area (Å²) in [6.07, 6.45) is 2.36. The lowest BCUT2D eigenvalue weighted by atomic mass is 9.99. The summed E-state index contributed by atoms with van der Waals surface area (Å²) in [7, 11) is 3.74. The van der Waals surface area contributed by atoms with Crippen LogP contribution < -0.4 is 10.2 Å². The van der Waals surface area contributed by atoms with E-state index in [-0.39, 0.29) is 23.8 Å². The number of carbonyl (C=O) groups is 2. The molecule has 1 saturated heterocycles. The Labute approximate surface area is 165 Å². The summed E-state index contributed by atoms with van der Waals surface area (Å²) in [5, 5.41) is 2.92. The lowest BCUT2D eigenvalue weighted by Crippen LogP contribution is -2.32. The Morgan fingerprint density at radius 1 is 1.21 bits per heavy atom. The number of carbonyl (C=O) groups excluding carboxylic acids is 2. The minimum absolute atomic E-state index is 0.00211. The maximum Gasteiger partial charge on any atom is 0.254 e. The molecule has 2 aromatic rings. The number of benzene rings is 1. The quantitative estimate of drug-likeness (QED) is 0.860. The first-order valence-electron chi connectivity index (χ1n) is 9.56. The van der Waals surface area contributed by atoms with Crippen molar-refractivity contribution in [2.75, 3.05) is 32.1 Å². The molecule has 7 nitrogen and oxygen atoms in total. The average Bonchev–Trinajstić information content (AvgIpc) is 3.17. The number of anilines is 1. The van der Waals surface area contributed by atoms with Gasteiger partial charge in [0.15, 0.2) is 0 Å². The molecule has 28 heavy (non-hydrogen) atoms. The maximum atomic E-state index is 12.8. The van der Waals surface area contributed by atoms with Gasteiger partial charge in [0.25, 0.3) is 11.8 Å². The second kappa shape index (κ2) is 8.37. The minimum atomic E-state index is -0.178. The zero-order valence-corrected chi connectivity index (χ0v) is 16.8. The van der Waals surface area contributed by atoms with Crippen LogP contribution in [0.15, 0.2) is 36.5 Å². The van der Waals surface area contributed by atoms with Crippen molar-refractivity contribution in [3.8, 4) is 0 Å². The molecule has 2 amide bonds. The van der Waals surface area contributed by atoms with E-state index >= 15 is 0 Å². The van der Waals surface area contributed by atoms with Gasteiger partial charge in [-0.3, -0.25) is 9.59 Å². The number of hydrogen-bond donors (Lipinski definition) is 1. The van der Waals surface area contributed by atoms with E-state index in [2.05, 4.69) is 15.3 Å². The summed E-state index contributed by atoms with van der Waals surface area (Å²) in [6, 6.07) is 9.30. The van der Waals surface area contributed by atoms with E-state index in [4.69, 9.17) is 0 Å². The van der Waals surface area contributed by atoms with Gasteiger partial charge < -0.3 is 15.1 Å². The van der Waals surface area contributed by atoms with Gasteiger partial charge in [-0.05, 0) is 32.4 Å². The average molecular weight is 381 g/mol. The highest BCUT2D eigenvalue weighted by atomic mass is 16.2. The van der Waals surface area contributed by atoms with Gasteiger partial charge in [-0.2, -0.15) is 0 Å². The molecule has 1 unspecified atom stereocenters. The third-order valence-electron chi connectivity index (χ3n) is 4.75. The van der Waals surface area contributed by atoms with E-state index in [0.717, 1.165) is 6.42 Å². The lowest BCUT2D eigenvalue weighted by molar-refractivity contribution is 0.0790. The number of rotatable bonds is 5. The van der Waals surface area contributed by atoms with Crippen LogP contribution in [0, 0.1) is 0 Å². The number of hydrogen-bond acceptors (Lipinski definition) is 5. The summed E-state index contributed by atoms with van der Waals surface area (Å²) >= 11 is 0. The Bertz CT molecular complexity index is 851. The molecule has 1 N–H and O–H groups in total. The van der Waals surface area contributed by atoms with Gasteiger partial charge in [-0.1, -0.05) is 18.2 Å². The summed E-state index contributed by atoms with van der Waals surface area (Å²) in [5.74, 6) is 0.396. The molecule has 1 atom stereocenters. The van der Waals surface area contributed by atoms with E-state index < -0.39 is 0 Å². The first kappa shape index (κ1) is 19.8. The van der Waals surface area contributed by atoms with Crippen molar-refractivity contribution in [2.24, 2.45) is 0 Å². The molecule has 1 aliphatic rings. The first-order valence-corrected chi connectivity index (χ1v) is 9.56. The minimum Gasteiger partial charge on any atom is -0.350 e. The number of amides is 2. The van der Waals surface area contributed by atoms with Gasteiger partial charge in [-0.25, -0.2) is 9.97 Å². The second-order valence-electron chi connectivity index (χ2n) is 7.59. The SMILES string of the molecule is CC(C)NC(=O)c1cnc(N(C)C)nc1C1CCN(C(=O)c2ccccc2)C1. The Balaban J connectivity index is 1.86. The van der Waals surface area contributed by atoms with Gasteiger partial charge in [0.1, 0.15) is 0 Å². The van der Waals surface area contributed by atoms with Crippen molar-refractivity contribution in [3.63, 3.8) is 0 Å². The van der Waals surface area contributed by atoms with E-state index in [9.17, 15) is 9.59 Å². The number of aromatic nitrogens is 2. The van der Waals surface area contributed by atoms with Crippen LogP contribution in [-0.2, 0) is 0 Å². The number of nitrogens with zero attached hydrogens (tertiary/aromatic N) is 4. The summed E-state index contributed by atoms with van der Waals surface area (Å²) in [5.41, 5.74) is 1.87. The molecular formula is C21H27N5O2. The zero-order valence-electron chi connectivity index (χ0n) is 16.8. The molecule has 7 heteroatoms. The first-order chi connectivity index (χ1) is 13.4. The van der Waals surface area contributed by atoms with Crippen molar-refractivity contribution in [1.82, 2.24) is 20.2 Å². The Morgan fingerprint density at radius 2 is 1.93 bits per heavy atom. The molecule has 0 spiro atoms. The molecule has 3 rings (SSSR count). The van der Waals surface area contributed by atoms with E-state index in [1.807, 2.05) is 68.1 Å². The van der Waals surface area contributed by atoms with Crippen LogP contribution in [0.5, 0.6) is 0 Å². The fourth-order valence-electron chi connectivity index (χ4n) is 3.36. The van der Waals surface area contributed by atoms with Crippen molar-refractivity contribution in [2.45, 2.75) is 32.2 Å². The smallest absolute Gasteiger partial charge is 0.254 e. The van der Waals surface area contributed by atoms with Gasteiger partial charge in [-0.15, -0.1) is 0 Å². The molecule has 1 aromatic heterocycles. The summed E-state index contributed by atoms with van der Waals surface area (Å²) < 4.78 is 0. The summed E-state index contributed by atoms with van der Waals surface area (Å²) in [4.78, 5) is 38.1. The maximum absolute atomic E-state index is 12.8. The van der Waals surface area contributed by atoms with Crippen molar-refractivity contribution < 1.29 is 9.59 Å². The topological polar surface area (TPSA) is 78.4 Å². The van der Waals surface area contributed by atoms with Crippen LogP contribution in [0.25, 0.3) is 0 Å². The fraction of sp³-hybridized carbons (Fsp3) is 0.429. The second-order valence-corrected chi connectivity index (χ2v) is 7.59. The third-order valence-corrected chi connectivity index (χ3v) is 4.75. The molecule has 0 saturated carbocycles. The molecule has 1 aliphatic heterocycles. The highest BCUT2D eigenvalue weighted by Crippen LogP contribution is 2.30. The Kier molecular flexibility index (Phi) is 5.92. The van der Waals surface area contributed by atoms with Crippen LogP contribution in [0.3, 0.4) is 0 Å². The molecule has 0 bridgehead atoms. The lowest BCUT2D eigenvalue weighted by Gasteiger charge is -2.20. The van der Waals surface area contributed by atoms with Crippen LogP contribution >= 0.6 is 0 Å². The van der Waals surface area contributed by atoms with Crippen LogP contribution in [0.1, 0.15) is 52.6 Å². The van der Waals surface area contributed by atoms with Crippen molar-refractivity contribution >= 4 is 17.8 Å². The molecule has 2 heterocycles. The predicted molar refractivity (Wildman–Crippen MR) is 109 cm³/mol. The molecular weight excluding hydrogens is 354 g/mol. The molecule has 0 radical (unpaired) electrons. The third kappa shape index (κ3) is 4.30. The summed E-state index contributed by atoms with van der Waals surface area (Å²) in [6.45, 7) is 5.02. The standard InChI is InChI=1S/C21H27N5O2/c1-14(2)23-19(27)17-12-22-21(25(3)4)24-18(17)16-10-11-26(13-16)20(28)15-8-6-5-7-9-15/h5-9,12,14,16H,10-11,13H2,1-4H3,(H,23,27). The molecule has 1 fully saturated rings. The van der Waals surface area contributed by atoms with Gasteiger partial charge in [0.2, 0.25) is 5.95 Å². The van der Waals surface area contributed by atoms with Crippen LogP contribution in [0.4, 0.5) is 5.95 Å². The van der Waals surface area contributed by atoms with Crippen LogP contribution in [0.2, 0.25) is 0 Å². The highest BCUT2D eigenvalue weighted by Gasteiger charge is 2.32. The highest BCUT2D eigenvalue weighted by molar-refractivity contribution is 5.96. The van der Waals surface area contributed by atoms with Gasteiger partial charge >= 0.3 is 0 Å². The molecule has 1 aromatic carbocycles. The predicted octanol–water partition coefficient (Wildman–Crippen LogP) is 2.31.